The van der Waals surface area contributed by atoms with Crippen molar-refractivity contribution < 1.29 is 14.3 Å². The Labute approximate surface area is 119 Å². The first-order valence-electron chi connectivity index (χ1n) is 6.72. The van der Waals surface area contributed by atoms with Gasteiger partial charge in [-0.25, -0.2) is 4.79 Å². The van der Waals surface area contributed by atoms with E-state index in [1.807, 2.05) is 13.8 Å². The lowest BCUT2D eigenvalue weighted by Gasteiger charge is -2.13. The minimum Gasteiger partial charge on any atom is -0.465 e. The SMILES string of the molecule is CCCC(N)CC(=O)Nc1cc(C(=O)OC)ccc1C. The van der Waals surface area contributed by atoms with E-state index in [2.05, 4.69) is 10.1 Å². The van der Waals surface area contributed by atoms with E-state index < -0.39 is 5.97 Å². The molecule has 1 amide bonds. The second-order valence-electron chi connectivity index (χ2n) is 4.82. The Kier molecular flexibility index (Phi) is 6.18. The number of carbonyl (C=O) groups is 2. The van der Waals surface area contributed by atoms with E-state index >= 15 is 0 Å². The molecule has 0 fully saturated rings. The van der Waals surface area contributed by atoms with Gasteiger partial charge in [0.2, 0.25) is 5.91 Å². The minimum atomic E-state index is -0.428. The molecular formula is C15H22N2O3. The van der Waals surface area contributed by atoms with Crippen molar-refractivity contribution >= 4 is 17.6 Å². The highest BCUT2D eigenvalue weighted by atomic mass is 16.5. The number of esters is 1. The Hall–Kier alpha value is -1.88. The summed E-state index contributed by atoms with van der Waals surface area (Å²) in [6.45, 7) is 3.89. The lowest BCUT2D eigenvalue weighted by Crippen LogP contribution is -2.27. The number of nitrogens with two attached hydrogens (primary N) is 1. The summed E-state index contributed by atoms with van der Waals surface area (Å²) < 4.78 is 4.66. The van der Waals surface area contributed by atoms with Crippen molar-refractivity contribution in [2.24, 2.45) is 5.73 Å². The molecule has 1 unspecified atom stereocenters. The number of methoxy groups -OCH3 is 1. The van der Waals surface area contributed by atoms with Gasteiger partial charge >= 0.3 is 5.97 Å². The molecule has 0 saturated carbocycles. The zero-order chi connectivity index (χ0) is 15.1. The summed E-state index contributed by atoms with van der Waals surface area (Å²) in [7, 11) is 1.32. The molecule has 0 bridgehead atoms. The Morgan fingerprint density at radius 3 is 2.70 bits per heavy atom. The third-order valence-electron chi connectivity index (χ3n) is 3.04. The molecule has 5 heteroatoms. The van der Waals surface area contributed by atoms with Crippen LogP contribution in [0, 0.1) is 6.92 Å². The van der Waals surface area contributed by atoms with Crippen LogP contribution < -0.4 is 11.1 Å². The summed E-state index contributed by atoms with van der Waals surface area (Å²) >= 11 is 0. The van der Waals surface area contributed by atoms with Crippen molar-refractivity contribution in [3.8, 4) is 0 Å². The topological polar surface area (TPSA) is 81.4 Å². The van der Waals surface area contributed by atoms with E-state index in [4.69, 9.17) is 5.73 Å². The van der Waals surface area contributed by atoms with E-state index in [1.165, 1.54) is 7.11 Å². The predicted octanol–water partition coefficient (Wildman–Crippen LogP) is 2.24. The standard InChI is InChI=1S/C15H22N2O3/c1-4-5-12(16)9-14(18)17-13-8-11(15(19)20-3)7-6-10(13)2/h6-8,12H,4-5,9,16H2,1-3H3,(H,17,18). The number of rotatable bonds is 6. The maximum absolute atomic E-state index is 11.9. The molecule has 1 rings (SSSR count). The first kappa shape index (κ1) is 16.2. The van der Waals surface area contributed by atoms with Gasteiger partial charge in [0.15, 0.2) is 0 Å². The fraction of sp³-hybridized carbons (Fsp3) is 0.467. The predicted molar refractivity (Wildman–Crippen MR) is 78.6 cm³/mol. The zero-order valence-corrected chi connectivity index (χ0v) is 12.2. The summed E-state index contributed by atoms with van der Waals surface area (Å²) in [5, 5.41) is 2.79. The molecule has 0 radical (unpaired) electrons. The molecule has 0 aliphatic carbocycles. The van der Waals surface area contributed by atoms with Crippen LogP contribution >= 0.6 is 0 Å². The van der Waals surface area contributed by atoms with Crippen molar-refractivity contribution in [2.75, 3.05) is 12.4 Å². The summed E-state index contributed by atoms with van der Waals surface area (Å²) in [5.41, 5.74) is 7.75. The molecule has 0 spiro atoms. The average Bonchev–Trinajstić information content (AvgIpc) is 2.40. The van der Waals surface area contributed by atoms with Gasteiger partial charge in [-0.05, 0) is 31.0 Å². The van der Waals surface area contributed by atoms with Crippen LogP contribution in [-0.2, 0) is 9.53 Å². The van der Waals surface area contributed by atoms with Crippen LogP contribution in [0.4, 0.5) is 5.69 Å². The van der Waals surface area contributed by atoms with Gasteiger partial charge in [0.25, 0.3) is 0 Å². The molecule has 110 valence electrons. The molecule has 20 heavy (non-hydrogen) atoms. The zero-order valence-electron chi connectivity index (χ0n) is 12.2. The summed E-state index contributed by atoms with van der Waals surface area (Å²) in [5.74, 6) is -0.570. The monoisotopic (exact) mass is 278 g/mol. The highest BCUT2D eigenvalue weighted by Crippen LogP contribution is 2.18. The van der Waals surface area contributed by atoms with Crippen molar-refractivity contribution in [3.05, 3.63) is 29.3 Å². The van der Waals surface area contributed by atoms with E-state index in [0.29, 0.717) is 11.3 Å². The molecule has 3 N–H and O–H groups in total. The van der Waals surface area contributed by atoms with Gasteiger partial charge < -0.3 is 15.8 Å². The molecule has 0 aromatic heterocycles. The van der Waals surface area contributed by atoms with Crippen LogP contribution in [0.1, 0.15) is 42.1 Å². The largest absolute Gasteiger partial charge is 0.465 e. The van der Waals surface area contributed by atoms with Crippen molar-refractivity contribution in [1.29, 1.82) is 0 Å². The van der Waals surface area contributed by atoms with Gasteiger partial charge in [-0.15, -0.1) is 0 Å². The van der Waals surface area contributed by atoms with Gasteiger partial charge in [-0.1, -0.05) is 19.4 Å². The van der Waals surface area contributed by atoms with Crippen LogP contribution in [0.25, 0.3) is 0 Å². The van der Waals surface area contributed by atoms with Crippen LogP contribution in [0.5, 0.6) is 0 Å². The number of nitrogens with one attached hydrogen (secondary N) is 1. The van der Waals surface area contributed by atoms with Crippen LogP contribution in [0.3, 0.4) is 0 Å². The van der Waals surface area contributed by atoms with Gasteiger partial charge in [-0.3, -0.25) is 4.79 Å². The Morgan fingerprint density at radius 2 is 2.10 bits per heavy atom. The molecular weight excluding hydrogens is 256 g/mol. The molecule has 0 heterocycles. The second-order valence-corrected chi connectivity index (χ2v) is 4.82. The van der Waals surface area contributed by atoms with Gasteiger partial charge in [0, 0.05) is 18.2 Å². The summed E-state index contributed by atoms with van der Waals surface area (Å²) in [4.78, 5) is 23.4. The van der Waals surface area contributed by atoms with E-state index in [1.54, 1.807) is 18.2 Å². The third-order valence-corrected chi connectivity index (χ3v) is 3.04. The van der Waals surface area contributed by atoms with Gasteiger partial charge in [0.05, 0.1) is 12.7 Å². The number of anilines is 1. The second kappa shape index (κ2) is 7.65. The number of amides is 1. The van der Waals surface area contributed by atoms with E-state index in [9.17, 15) is 9.59 Å². The number of hydrogen-bond donors (Lipinski definition) is 2. The number of carbonyl (C=O) groups excluding carboxylic acids is 2. The maximum Gasteiger partial charge on any atom is 0.337 e. The van der Waals surface area contributed by atoms with Crippen LogP contribution in [0.15, 0.2) is 18.2 Å². The quantitative estimate of drug-likeness (QED) is 0.782. The normalized spacial score (nSPS) is 11.8. The van der Waals surface area contributed by atoms with Crippen molar-refractivity contribution in [3.63, 3.8) is 0 Å². The molecule has 0 aliphatic heterocycles. The number of ether oxygens (including phenoxy) is 1. The lowest BCUT2D eigenvalue weighted by atomic mass is 10.1. The highest BCUT2D eigenvalue weighted by molar-refractivity contribution is 5.95. The van der Waals surface area contributed by atoms with E-state index in [-0.39, 0.29) is 18.4 Å². The third kappa shape index (κ3) is 4.66. The number of hydrogen-bond acceptors (Lipinski definition) is 4. The molecule has 1 aromatic rings. The molecule has 5 nitrogen and oxygen atoms in total. The average molecular weight is 278 g/mol. The molecule has 1 aromatic carbocycles. The smallest absolute Gasteiger partial charge is 0.337 e. The van der Waals surface area contributed by atoms with Crippen LogP contribution in [0.2, 0.25) is 0 Å². The fourth-order valence-corrected chi connectivity index (χ4v) is 1.91. The first-order chi connectivity index (χ1) is 9.47. The van der Waals surface area contributed by atoms with Crippen molar-refractivity contribution in [1.82, 2.24) is 0 Å². The number of benzene rings is 1. The lowest BCUT2D eigenvalue weighted by molar-refractivity contribution is -0.116. The van der Waals surface area contributed by atoms with Crippen LogP contribution in [-0.4, -0.2) is 25.0 Å². The summed E-state index contributed by atoms with van der Waals surface area (Å²) in [6.07, 6.45) is 2.04. The van der Waals surface area contributed by atoms with E-state index in [0.717, 1.165) is 18.4 Å². The fourth-order valence-electron chi connectivity index (χ4n) is 1.91. The molecule has 0 aliphatic rings. The number of aryl methyl sites for hydroxylation is 1. The Morgan fingerprint density at radius 1 is 1.40 bits per heavy atom. The maximum atomic E-state index is 11.9. The first-order valence-corrected chi connectivity index (χ1v) is 6.72. The summed E-state index contributed by atoms with van der Waals surface area (Å²) in [6, 6.07) is 4.92. The van der Waals surface area contributed by atoms with Crippen molar-refractivity contribution in [2.45, 2.75) is 39.2 Å². The minimum absolute atomic E-state index is 0.135. The van der Waals surface area contributed by atoms with Gasteiger partial charge in [-0.2, -0.15) is 0 Å². The Balaban J connectivity index is 2.76. The van der Waals surface area contributed by atoms with Gasteiger partial charge in [0.1, 0.15) is 0 Å². The molecule has 1 atom stereocenters. The molecule has 0 saturated heterocycles. The Bertz CT molecular complexity index is 486. The highest BCUT2D eigenvalue weighted by Gasteiger charge is 2.12.